The number of nitrogens with one attached hydrogen (secondary N) is 2. The molecule has 0 heterocycles. The van der Waals surface area contributed by atoms with E-state index in [4.69, 9.17) is 17.6 Å². The summed E-state index contributed by atoms with van der Waals surface area (Å²) in [5, 5.41) is 5.02. The van der Waals surface area contributed by atoms with Crippen molar-refractivity contribution in [1.82, 2.24) is 10.6 Å². The molecule has 0 fully saturated rings. The van der Waals surface area contributed by atoms with Gasteiger partial charge in [-0.1, -0.05) is 11.8 Å². The second-order valence-electron chi connectivity index (χ2n) is 3.89. The van der Waals surface area contributed by atoms with Gasteiger partial charge >= 0.3 is 0 Å². The predicted molar refractivity (Wildman–Crippen MR) is 72.9 cm³/mol. The summed E-state index contributed by atoms with van der Waals surface area (Å²) in [6.45, 7) is 0.816. The Balaban J connectivity index is 4.37. The second-order valence-corrected chi connectivity index (χ2v) is 3.89. The molecule has 0 unspecified atom stereocenters. The molecule has 5 nitrogen and oxygen atoms in total. The van der Waals surface area contributed by atoms with E-state index in [1.54, 1.807) is 7.11 Å². The first-order valence-corrected chi connectivity index (χ1v) is 6.08. The zero-order chi connectivity index (χ0) is 14.5. The maximum atomic E-state index is 11.8. The molecule has 2 N–H and O–H groups in total. The van der Waals surface area contributed by atoms with Crippen LogP contribution >= 0.6 is 0 Å². The van der Waals surface area contributed by atoms with Crippen molar-refractivity contribution in [2.24, 2.45) is 5.92 Å². The number of amides is 2. The van der Waals surface area contributed by atoms with Crippen LogP contribution in [-0.2, 0) is 14.3 Å². The molecule has 0 radical (unpaired) electrons. The van der Waals surface area contributed by atoms with E-state index in [1.165, 1.54) is 0 Å². The van der Waals surface area contributed by atoms with Gasteiger partial charge in [-0.25, -0.2) is 0 Å². The van der Waals surface area contributed by atoms with Crippen molar-refractivity contribution in [3.05, 3.63) is 0 Å². The highest BCUT2D eigenvalue weighted by Crippen LogP contribution is 2.09. The molecule has 19 heavy (non-hydrogen) atoms. The average Bonchev–Trinajstić information content (AvgIpc) is 2.42. The van der Waals surface area contributed by atoms with Crippen molar-refractivity contribution in [2.75, 3.05) is 26.8 Å². The third-order valence-corrected chi connectivity index (χ3v) is 2.45. The van der Waals surface area contributed by atoms with Gasteiger partial charge in [0.05, 0.1) is 13.1 Å². The molecule has 5 heteroatoms. The molecule has 2 amide bonds. The second kappa shape index (κ2) is 11.1. The fourth-order valence-electron chi connectivity index (χ4n) is 1.50. The van der Waals surface area contributed by atoms with Gasteiger partial charge in [-0.3, -0.25) is 9.59 Å². The first kappa shape index (κ1) is 17.0. The molecule has 0 rings (SSSR count). The maximum Gasteiger partial charge on any atom is 0.233 e. The summed E-state index contributed by atoms with van der Waals surface area (Å²) >= 11 is 0. The van der Waals surface area contributed by atoms with Crippen molar-refractivity contribution >= 4 is 11.8 Å². The SMILES string of the molecule is C#CCNC(=O)C(CCCCOC)C(=O)NCC#C. The first-order valence-electron chi connectivity index (χ1n) is 6.08. The van der Waals surface area contributed by atoms with Crippen LogP contribution in [0.1, 0.15) is 19.3 Å². The van der Waals surface area contributed by atoms with Crippen molar-refractivity contribution in [2.45, 2.75) is 19.3 Å². The van der Waals surface area contributed by atoms with Crippen molar-refractivity contribution in [3.8, 4) is 24.7 Å². The molecule has 0 aliphatic rings. The van der Waals surface area contributed by atoms with Crippen LogP contribution in [0, 0.1) is 30.6 Å². The molecular weight excluding hydrogens is 244 g/mol. The zero-order valence-electron chi connectivity index (χ0n) is 11.2. The number of methoxy groups -OCH3 is 1. The molecule has 0 spiro atoms. The number of carbonyl (C=O) groups is 2. The van der Waals surface area contributed by atoms with E-state index in [-0.39, 0.29) is 24.9 Å². The third kappa shape index (κ3) is 7.86. The van der Waals surface area contributed by atoms with Crippen LogP contribution in [-0.4, -0.2) is 38.6 Å². The Kier molecular flexibility index (Phi) is 9.97. The van der Waals surface area contributed by atoms with Crippen molar-refractivity contribution in [3.63, 3.8) is 0 Å². The van der Waals surface area contributed by atoms with Gasteiger partial charge < -0.3 is 15.4 Å². The Hall–Kier alpha value is -1.98. The molecule has 0 saturated heterocycles. The van der Waals surface area contributed by atoms with Crippen LogP contribution in [0.25, 0.3) is 0 Å². The molecule has 0 aliphatic heterocycles. The quantitative estimate of drug-likeness (QED) is 0.348. The van der Waals surface area contributed by atoms with Gasteiger partial charge in [-0.2, -0.15) is 0 Å². The predicted octanol–water partition coefficient (Wildman–Crippen LogP) is -0.0819. The largest absolute Gasteiger partial charge is 0.385 e. The lowest BCUT2D eigenvalue weighted by molar-refractivity contribution is -0.135. The summed E-state index contributed by atoms with van der Waals surface area (Å²) in [5.41, 5.74) is 0. The number of rotatable bonds is 9. The lowest BCUT2D eigenvalue weighted by atomic mass is 10.00. The van der Waals surface area contributed by atoms with Gasteiger partial charge in [0, 0.05) is 13.7 Å². The van der Waals surface area contributed by atoms with Gasteiger partial charge in [-0.05, 0) is 19.3 Å². The van der Waals surface area contributed by atoms with Crippen molar-refractivity contribution < 1.29 is 14.3 Å². The van der Waals surface area contributed by atoms with E-state index >= 15 is 0 Å². The number of carbonyl (C=O) groups excluding carboxylic acids is 2. The highest BCUT2D eigenvalue weighted by atomic mass is 16.5. The normalized spacial score (nSPS) is 9.47. The summed E-state index contributed by atoms with van der Waals surface area (Å²) < 4.78 is 4.92. The van der Waals surface area contributed by atoms with Crippen LogP contribution in [0.3, 0.4) is 0 Å². The Morgan fingerprint density at radius 3 is 2.05 bits per heavy atom. The number of hydrogen-bond donors (Lipinski definition) is 2. The molecule has 0 aromatic carbocycles. The summed E-state index contributed by atoms with van der Waals surface area (Å²) in [7, 11) is 1.61. The summed E-state index contributed by atoms with van der Waals surface area (Å²) in [5.74, 6) is 3.09. The molecule has 0 aliphatic carbocycles. The maximum absolute atomic E-state index is 11.8. The third-order valence-electron chi connectivity index (χ3n) is 2.45. The minimum atomic E-state index is -0.765. The molecule has 0 aromatic heterocycles. The highest BCUT2D eigenvalue weighted by Gasteiger charge is 2.25. The summed E-state index contributed by atoms with van der Waals surface area (Å²) in [6.07, 6.45) is 12.1. The number of unbranched alkanes of at least 4 members (excludes halogenated alkanes) is 1. The minimum absolute atomic E-state index is 0.107. The Morgan fingerprint density at radius 1 is 1.11 bits per heavy atom. The van der Waals surface area contributed by atoms with Gasteiger partial charge in [0.15, 0.2) is 0 Å². The van der Waals surface area contributed by atoms with E-state index in [0.717, 1.165) is 6.42 Å². The monoisotopic (exact) mass is 264 g/mol. The molecule has 0 saturated carbocycles. The van der Waals surface area contributed by atoms with Crippen molar-refractivity contribution in [1.29, 1.82) is 0 Å². The number of ether oxygens (including phenoxy) is 1. The standard InChI is InChI=1S/C14H20N2O3/c1-4-9-15-13(17)12(8-6-7-11-19-3)14(18)16-10-5-2/h1-2,12H,6-11H2,3H3,(H,15,17)(H,16,18). The van der Waals surface area contributed by atoms with Gasteiger partial charge in [0.25, 0.3) is 0 Å². The molecule has 0 aromatic rings. The van der Waals surface area contributed by atoms with Crippen LogP contribution in [0.4, 0.5) is 0 Å². The lowest BCUT2D eigenvalue weighted by Gasteiger charge is -2.15. The van der Waals surface area contributed by atoms with Crippen LogP contribution in [0.5, 0.6) is 0 Å². The van der Waals surface area contributed by atoms with E-state index in [2.05, 4.69) is 22.5 Å². The Morgan fingerprint density at radius 2 is 1.63 bits per heavy atom. The fraction of sp³-hybridized carbons (Fsp3) is 0.571. The van der Waals surface area contributed by atoms with Crippen LogP contribution < -0.4 is 10.6 Å². The minimum Gasteiger partial charge on any atom is -0.385 e. The number of hydrogen-bond acceptors (Lipinski definition) is 3. The Labute approximate surface area is 114 Å². The number of terminal acetylenes is 2. The van der Waals surface area contributed by atoms with Gasteiger partial charge in [0.1, 0.15) is 5.92 Å². The van der Waals surface area contributed by atoms with Gasteiger partial charge in [-0.15, -0.1) is 12.8 Å². The first-order chi connectivity index (χ1) is 9.17. The average molecular weight is 264 g/mol. The molecular formula is C14H20N2O3. The van der Waals surface area contributed by atoms with E-state index < -0.39 is 5.92 Å². The molecule has 0 atom stereocenters. The van der Waals surface area contributed by atoms with E-state index in [9.17, 15) is 9.59 Å². The highest BCUT2D eigenvalue weighted by molar-refractivity contribution is 6.00. The van der Waals surface area contributed by atoms with E-state index in [0.29, 0.717) is 19.4 Å². The van der Waals surface area contributed by atoms with Crippen LogP contribution in [0.15, 0.2) is 0 Å². The van der Waals surface area contributed by atoms with Crippen LogP contribution in [0.2, 0.25) is 0 Å². The molecule has 104 valence electrons. The summed E-state index contributed by atoms with van der Waals surface area (Å²) in [4.78, 5) is 23.6. The lowest BCUT2D eigenvalue weighted by Crippen LogP contribution is -2.41. The smallest absolute Gasteiger partial charge is 0.233 e. The molecule has 0 bridgehead atoms. The fourth-order valence-corrected chi connectivity index (χ4v) is 1.50. The Bertz CT molecular complexity index is 336. The topological polar surface area (TPSA) is 67.4 Å². The van der Waals surface area contributed by atoms with E-state index in [1.807, 2.05) is 0 Å². The summed E-state index contributed by atoms with van der Waals surface area (Å²) in [6, 6.07) is 0. The zero-order valence-corrected chi connectivity index (χ0v) is 11.2. The van der Waals surface area contributed by atoms with Gasteiger partial charge in [0.2, 0.25) is 11.8 Å².